The maximum Gasteiger partial charge on any atom is 0.326 e. The Morgan fingerprint density at radius 3 is 2.19 bits per heavy atom. The topological polar surface area (TPSA) is 104 Å². The van der Waals surface area contributed by atoms with E-state index in [1.54, 1.807) is 26.0 Å². The molecule has 0 aliphatic heterocycles. The van der Waals surface area contributed by atoms with Gasteiger partial charge >= 0.3 is 11.9 Å². The molecule has 21 heavy (non-hydrogen) atoms. The van der Waals surface area contributed by atoms with E-state index >= 15 is 0 Å². The largest absolute Gasteiger partial charge is 0.481 e. The Bertz CT molecular complexity index is 533. The first-order valence-electron chi connectivity index (χ1n) is 6.64. The van der Waals surface area contributed by atoms with Gasteiger partial charge in [-0.3, -0.25) is 9.59 Å². The van der Waals surface area contributed by atoms with Crippen molar-refractivity contribution in [1.82, 2.24) is 5.32 Å². The van der Waals surface area contributed by atoms with Crippen LogP contribution < -0.4 is 5.32 Å². The number of amides is 1. The van der Waals surface area contributed by atoms with Crippen LogP contribution in [0.4, 0.5) is 0 Å². The van der Waals surface area contributed by atoms with E-state index < -0.39 is 23.9 Å². The van der Waals surface area contributed by atoms with Crippen molar-refractivity contribution in [2.75, 3.05) is 0 Å². The molecule has 6 nitrogen and oxygen atoms in total. The van der Waals surface area contributed by atoms with Crippen LogP contribution in [0.3, 0.4) is 0 Å². The minimum atomic E-state index is -1.17. The number of aliphatic carboxylic acids is 2. The summed E-state index contributed by atoms with van der Waals surface area (Å²) in [7, 11) is 0. The lowest BCUT2D eigenvalue weighted by atomic mass is 10.0. The summed E-state index contributed by atoms with van der Waals surface area (Å²) in [5.74, 6) is -2.60. The fourth-order valence-electron chi connectivity index (χ4n) is 2.12. The molecular formula is C15H19NO5. The number of rotatable bonds is 7. The highest BCUT2D eigenvalue weighted by molar-refractivity contribution is 5.99. The number of benzene rings is 1. The molecular weight excluding hydrogens is 274 g/mol. The van der Waals surface area contributed by atoms with Crippen LogP contribution in [0.25, 0.3) is 0 Å². The molecule has 3 N–H and O–H groups in total. The SMILES string of the molecule is Cc1cccc(C)c1C(=O)N[C@H](CCCC(=O)O)C(=O)O. The van der Waals surface area contributed by atoms with Crippen molar-refractivity contribution < 1.29 is 24.6 Å². The van der Waals surface area contributed by atoms with Crippen molar-refractivity contribution in [3.63, 3.8) is 0 Å². The molecule has 0 aliphatic carbocycles. The lowest BCUT2D eigenvalue weighted by molar-refractivity contribution is -0.140. The number of carbonyl (C=O) groups excluding carboxylic acids is 1. The standard InChI is InChI=1S/C15H19NO5/c1-9-5-3-6-10(2)13(9)14(19)16-11(15(20)21)7-4-8-12(17)18/h3,5-6,11H,4,7-8H2,1-2H3,(H,16,19)(H,17,18)(H,20,21)/t11-/m1/s1. The molecule has 6 heteroatoms. The van der Waals surface area contributed by atoms with E-state index in [1.807, 2.05) is 6.07 Å². The Morgan fingerprint density at radius 1 is 1.14 bits per heavy atom. The third kappa shape index (κ3) is 4.91. The van der Waals surface area contributed by atoms with Crippen LogP contribution in [0.2, 0.25) is 0 Å². The van der Waals surface area contributed by atoms with Crippen molar-refractivity contribution >= 4 is 17.8 Å². The van der Waals surface area contributed by atoms with Crippen molar-refractivity contribution in [2.45, 2.75) is 39.2 Å². The quantitative estimate of drug-likeness (QED) is 0.710. The molecule has 1 aromatic carbocycles. The summed E-state index contributed by atoms with van der Waals surface area (Å²) in [5, 5.41) is 20.1. The first-order valence-corrected chi connectivity index (χ1v) is 6.64. The molecule has 114 valence electrons. The molecule has 0 aliphatic rings. The summed E-state index contributed by atoms with van der Waals surface area (Å²) < 4.78 is 0. The summed E-state index contributed by atoms with van der Waals surface area (Å²) >= 11 is 0. The van der Waals surface area contributed by atoms with Crippen LogP contribution in [0, 0.1) is 13.8 Å². The number of carbonyl (C=O) groups is 3. The number of aryl methyl sites for hydroxylation is 2. The fourth-order valence-corrected chi connectivity index (χ4v) is 2.12. The van der Waals surface area contributed by atoms with Gasteiger partial charge in [0.1, 0.15) is 6.04 Å². The predicted octanol–water partition coefficient (Wildman–Crippen LogP) is 1.74. The lowest BCUT2D eigenvalue weighted by Gasteiger charge is -2.16. The van der Waals surface area contributed by atoms with Crippen LogP contribution in [0.5, 0.6) is 0 Å². The zero-order valence-corrected chi connectivity index (χ0v) is 12.0. The van der Waals surface area contributed by atoms with Crippen molar-refractivity contribution in [3.05, 3.63) is 34.9 Å². The van der Waals surface area contributed by atoms with Crippen LogP contribution in [0.15, 0.2) is 18.2 Å². The van der Waals surface area contributed by atoms with E-state index in [4.69, 9.17) is 10.2 Å². The van der Waals surface area contributed by atoms with Crippen LogP contribution in [-0.2, 0) is 9.59 Å². The lowest BCUT2D eigenvalue weighted by Crippen LogP contribution is -2.41. The Balaban J connectivity index is 2.77. The number of carboxylic acids is 2. The molecule has 1 atom stereocenters. The molecule has 0 spiro atoms. The van der Waals surface area contributed by atoms with Crippen molar-refractivity contribution in [2.24, 2.45) is 0 Å². The molecule has 0 unspecified atom stereocenters. The summed E-state index contributed by atoms with van der Waals surface area (Å²) in [6.07, 6.45) is 0.153. The van der Waals surface area contributed by atoms with E-state index in [-0.39, 0.29) is 19.3 Å². The molecule has 0 bridgehead atoms. The second-order valence-electron chi connectivity index (χ2n) is 4.92. The van der Waals surface area contributed by atoms with E-state index in [1.165, 1.54) is 0 Å². The van der Waals surface area contributed by atoms with E-state index in [0.29, 0.717) is 5.56 Å². The summed E-state index contributed by atoms with van der Waals surface area (Å²) in [4.78, 5) is 33.8. The third-order valence-electron chi connectivity index (χ3n) is 3.20. The van der Waals surface area contributed by atoms with Gasteiger partial charge in [0, 0.05) is 12.0 Å². The third-order valence-corrected chi connectivity index (χ3v) is 3.20. The normalized spacial score (nSPS) is 11.7. The molecule has 0 radical (unpaired) electrons. The van der Waals surface area contributed by atoms with Crippen molar-refractivity contribution in [1.29, 1.82) is 0 Å². The van der Waals surface area contributed by atoms with Crippen LogP contribution >= 0.6 is 0 Å². The monoisotopic (exact) mass is 293 g/mol. The van der Waals surface area contributed by atoms with E-state index in [9.17, 15) is 14.4 Å². The van der Waals surface area contributed by atoms with Gasteiger partial charge in [-0.25, -0.2) is 4.79 Å². The second kappa shape index (κ2) is 7.42. The van der Waals surface area contributed by atoms with Crippen LogP contribution in [-0.4, -0.2) is 34.1 Å². The van der Waals surface area contributed by atoms with Gasteiger partial charge < -0.3 is 15.5 Å². The van der Waals surface area contributed by atoms with Gasteiger partial charge in [0.2, 0.25) is 0 Å². The first kappa shape index (κ1) is 16.7. The highest BCUT2D eigenvalue weighted by Gasteiger charge is 2.22. The smallest absolute Gasteiger partial charge is 0.326 e. The Labute approximate surface area is 122 Å². The van der Waals surface area contributed by atoms with Crippen molar-refractivity contribution in [3.8, 4) is 0 Å². The minimum Gasteiger partial charge on any atom is -0.481 e. The molecule has 0 aromatic heterocycles. The Kier molecular flexibility index (Phi) is 5.90. The van der Waals surface area contributed by atoms with Gasteiger partial charge in [-0.1, -0.05) is 18.2 Å². The molecule has 0 heterocycles. The summed E-state index contributed by atoms with van der Waals surface area (Å²) in [6, 6.07) is 4.29. The fraction of sp³-hybridized carbons (Fsp3) is 0.400. The van der Waals surface area contributed by atoms with Gasteiger partial charge in [-0.05, 0) is 37.8 Å². The maximum absolute atomic E-state index is 12.2. The Morgan fingerprint density at radius 2 is 1.71 bits per heavy atom. The number of hydrogen-bond donors (Lipinski definition) is 3. The highest BCUT2D eigenvalue weighted by atomic mass is 16.4. The van der Waals surface area contributed by atoms with Gasteiger partial charge in [-0.2, -0.15) is 0 Å². The molecule has 0 saturated carbocycles. The molecule has 1 aromatic rings. The number of nitrogens with one attached hydrogen (secondary N) is 1. The van der Waals surface area contributed by atoms with E-state index in [0.717, 1.165) is 11.1 Å². The second-order valence-corrected chi connectivity index (χ2v) is 4.92. The zero-order chi connectivity index (χ0) is 16.0. The molecule has 1 rings (SSSR count). The average Bonchev–Trinajstić information content (AvgIpc) is 2.36. The minimum absolute atomic E-state index is 0.0816. The van der Waals surface area contributed by atoms with Gasteiger partial charge in [0.05, 0.1) is 0 Å². The Hall–Kier alpha value is -2.37. The first-order chi connectivity index (χ1) is 9.82. The van der Waals surface area contributed by atoms with E-state index in [2.05, 4.69) is 5.32 Å². The molecule has 1 amide bonds. The summed E-state index contributed by atoms with van der Waals surface area (Å²) in [6.45, 7) is 3.56. The van der Waals surface area contributed by atoms with Gasteiger partial charge in [0.25, 0.3) is 5.91 Å². The summed E-state index contributed by atoms with van der Waals surface area (Å²) in [5.41, 5.74) is 1.99. The highest BCUT2D eigenvalue weighted by Crippen LogP contribution is 2.14. The van der Waals surface area contributed by atoms with Gasteiger partial charge in [0.15, 0.2) is 0 Å². The maximum atomic E-state index is 12.2. The zero-order valence-electron chi connectivity index (χ0n) is 12.0. The van der Waals surface area contributed by atoms with Gasteiger partial charge in [-0.15, -0.1) is 0 Å². The molecule has 0 saturated heterocycles. The average molecular weight is 293 g/mol. The number of carboxylic acid groups (broad SMARTS) is 2. The number of hydrogen-bond acceptors (Lipinski definition) is 3. The van der Waals surface area contributed by atoms with Crippen LogP contribution in [0.1, 0.15) is 40.7 Å². The molecule has 0 fully saturated rings. The predicted molar refractivity (Wildman–Crippen MR) is 76.3 cm³/mol.